The van der Waals surface area contributed by atoms with Crippen LogP contribution in [0.1, 0.15) is 76.1 Å². The van der Waals surface area contributed by atoms with Crippen LogP contribution in [0.25, 0.3) is 0 Å². The van der Waals surface area contributed by atoms with E-state index in [0.717, 1.165) is 82.6 Å². The van der Waals surface area contributed by atoms with Crippen LogP contribution in [0.5, 0.6) is 5.75 Å². The Labute approximate surface area is 246 Å². The zero-order valence-electron chi connectivity index (χ0n) is 25.5. The number of ketones is 1. The van der Waals surface area contributed by atoms with E-state index in [0.29, 0.717) is 30.2 Å². The predicted octanol–water partition coefficient (Wildman–Crippen LogP) is 5.11. The molecule has 224 valence electrons. The highest BCUT2D eigenvalue weighted by Gasteiger charge is 2.38. The van der Waals surface area contributed by atoms with Crippen molar-refractivity contribution in [1.29, 1.82) is 0 Å². The minimum Gasteiger partial charge on any atom is -0.445 e. The van der Waals surface area contributed by atoms with Crippen LogP contribution in [0.2, 0.25) is 0 Å². The van der Waals surface area contributed by atoms with E-state index in [-0.39, 0.29) is 17.4 Å². The molecule has 0 saturated carbocycles. The molecule has 41 heavy (non-hydrogen) atoms. The average Bonchev–Trinajstić information content (AvgIpc) is 3.29. The summed E-state index contributed by atoms with van der Waals surface area (Å²) in [6.45, 7) is 12.8. The third-order valence-electron chi connectivity index (χ3n) is 9.36. The van der Waals surface area contributed by atoms with Gasteiger partial charge < -0.3 is 19.6 Å². The van der Waals surface area contributed by atoms with Gasteiger partial charge in [0.15, 0.2) is 5.78 Å². The molecular weight excluding hydrogens is 514 g/mol. The molecule has 1 saturated heterocycles. The van der Waals surface area contributed by atoms with E-state index >= 15 is 0 Å². The average molecular weight is 564 g/mol. The van der Waals surface area contributed by atoms with Gasteiger partial charge in [0, 0.05) is 57.2 Å². The summed E-state index contributed by atoms with van der Waals surface area (Å²) in [5.74, 6) is 1.11. The molecule has 5 rings (SSSR count). The van der Waals surface area contributed by atoms with Crippen molar-refractivity contribution in [2.24, 2.45) is 16.4 Å². The number of allylic oxidation sites excluding steroid dienone is 3. The van der Waals surface area contributed by atoms with Crippen LogP contribution in [-0.4, -0.2) is 90.3 Å². The zero-order chi connectivity index (χ0) is 29.0. The number of ether oxygens (including phenoxy) is 1. The van der Waals surface area contributed by atoms with E-state index in [1.807, 2.05) is 23.1 Å². The van der Waals surface area contributed by atoms with Crippen molar-refractivity contribution in [3.8, 4) is 5.75 Å². The number of carbonyl (C=O) groups excluding carboxylic acids is 1. The van der Waals surface area contributed by atoms with Crippen molar-refractivity contribution in [2.75, 3.05) is 51.2 Å². The van der Waals surface area contributed by atoms with Crippen LogP contribution in [0.4, 0.5) is 5.69 Å². The molecule has 0 bridgehead atoms. The van der Waals surface area contributed by atoms with Crippen molar-refractivity contribution in [1.82, 2.24) is 14.8 Å². The number of nitrogens with zero attached hydrogens (tertiary/aromatic N) is 5. The van der Waals surface area contributed by atoms with Crippen LogP contribution >= 0.6 is 0 Å². The highest BCUT2D eigenvalue weighted by Crippen LogP contribution is 2.42. The normalized spacial score (nSPS) is 28.5. The number of piperazine rings is 1. The van der Waals surface area contributed by atoms with E-state index in [1.165, 1.54) is 0 Å². The highest BCUT2D eigenvalue weighted by molar-refractivity contribution is 6.01. The van der Waals surface area contributed by atoms with E-state index in [4.69, 9.17) is 9.84 Å². The number of carbonyl (C=O) groups is 1. The number of anilines is 1. The first-order valence-corrected chi connectivity index (χ1v) is 15.7. The maximum Gasteiger partial charge on any atom is 0.281 e. The quantitative estimate of drug-likeness (QED) is 0.228. The molecule has 0 aromatic heterocycles. The van der Waals surface area contributed by atoms with Crippen LogP contribution in [0.3, 0.4) is 0 Å². The van der Waals surface area contributed by atoms with E-state index < -0.39 is 6.41 Å². The van der Waals surface area contributed by atoms with Gasteiger partial charge in [-0.2, -0.15) is 5.10 Å². The molecular formula is C33H49N5O3. The first kappa shape index (κ1) is 29.8. The Kier molecular flexibility index (Phi) is 9.52. The molecule has 4 unspecified atom stereocenters. The molecule has 1 N–H and O–H groups in total. The number of aliphatic hydroxyl groups excluding tert-OH is 1. The predicted molar refractivity (Wildman–Crippen MR) is 165 cm³/mol. The Morgan fingerprint density at radius 3 is 2.68 bits per heavy atom. The Hall–Kier alpha value is -2.68. The Morgan fingerprint density at radius 1 is 1.15 bits per heavy atom. The zero-order valence-corrected chi connectivity index (χ0v) is 25.5. The number of hydrogen-bond donors (Lipinski definition) is 1. The molecule has 1 aromatic rings. The van der Waals surface area contributed by atoms with Gasteiger partial charge in [0.2, 0.25) is 0 Å². The van der Waals surface area contributed by atoms with E-state index in [2.05, 4.69) is 66.9 Å². The van der Waals surface area contributed by atoms with E-state index in [9.17, 15) is 9.90 Å². The summed E-state index contributed by atoms with van der Waals surface area (Å²) in [5.41, 5.74) is 2.41. The SMILES string of the molecule is CCCCCCC(=O)c1ccc2c(c1)N(CC1CC=CC(C)(C3=NN(C)C(N4CCN(CC)CC4)C=C3)C1)C(O)O2. The van der Waals surface area contributed by atoms with Gasteiger partial charge in [-0.1, -0.05) is 52.2 Å². The first-order chi connectivity index (χ1) is 19.8. The van der Waals surface area contributed by atoms with Crippen LogP contribution < -0.4 is 9.64 Å². The summed E-state index contributed by atoms with van der Waals surface area (Å²) in [7, 11) is 2.09. The first-order valence-electron chi connectivity index (χ1n) is 15.7. The fourth-order valence-electron chi connectivity index (χ4n) is 6.81. The lowest BCUT2D eigenvalue weighted by molar-refractivity contribution is -0.00506. The maximum absolute atomic E-state index is 12.9. The van der Waals surface area contributed by atoms with Gasteiger partial charge in [-0.05, 0) is 62.1 Å². The Balaban J connectivity index is 1.23. The minimum atomic E-state index is -1.04. The molecule has 1 aromatic carbocycles. The van der Waals surface area contributed by atoms with Crippen molar-refractivity contribution in [2.45, 2.75) is 78.3 Å². The number of rotatable bonds is 11. The summed E-state index contributed by atoms with van der Waals surface area (Å²) >= 11 is 0. The molecule has 0 amide bonds. The van der Waals surface area contributed by atoms with Gasteiger partial charge in [0.1, 0.15) is 11.9 Å². The number of aliphatic hydroxyl groups is 1. The number of likely N-dealkylation sites (N-methyl/N-ethyl adjacent to an activating group) is 2. The van der Waals surface area contributed by atoms with Gasteiger partial charge in [0.25, 0.3) is 6.41 Å². The molecule has 0 radical (unpaired) electrons. The van der Waals surface area contributed by atoms with Crippen LogP contribution in [-0.2, 0) is 0 Å². The highest BCUT2D eigenvalue weighted by atomic mass is 16.6. The third-order valence-corrected chi connectivity index (χ3v) is 9.36. The molecule has 4 atom stereocenters. The van der Waals surface area contributed by atoms with Gasteiger partial charge in [-0.3, -0.25) is 14.7 Å². The second kappa shape index (κ2) is 13.1. The second-order valence-electron chi connectivity index (χ2n) is 12.4. The molecule has 1 aliphatic carbocycles. The number of fused-ring (bicyclic) bond motifs is 1. The summed E-state index contributed by atoms with van der Waals surface area (Å²) in [6, 6.07) is 5.58. The Morgan fingerprint density at radius 2 is 1.95 bits per heavy atom. The fourth-order valence-corrected chi connectivity index (χ4v) is 6.81. The largest absolute Gasteiger partial charge is 0.445 e. The summed E-state index contributed by atoms with van der Waals surface area (Å²) in [4.78, 5) is 19.8. The minimum absolute atomic E-state index is 0.162. The van der Waals surface area contributed by atoms with Gasteiger partial charge in [0.05, 0.1) is 11.4 Å². The number of unbranched alkanes of at least 4 members (excludes halogenated alkanes) is 3. The van der Waals surface area contributed by atoms with Gasteiger partial charge >= 0.3 is 0 Å². The molecule has 8 nitrogen and oxygen atoms in total. The lowest BCUT2D eigenvalue weighted by Gasteiger charge is -2.43. The summed E-state index contributed by atoms with van der Waals surface area (Å²) < 4.78 is 5.78. The smallest absolute Gasteiger partial charge is 0.281 e. The molecule has 3 aliphatic heterocycles. The van der Waals surface area contributed by atoms with Gasteiger partial charge in [-0.25, -0.2) is 0 Å². The summed E-state index contributed by atoms with van der Waals surface area (Å²) in [6.07, 6.45) is 15.0. The molecule has 1 fully saturated rings. The number of hydrazone groups is 1. The second-order valence-corrected chi connectivity index (χ2v) is 12.4. The monoisotopic (exact) mass is 563 g/mol. The van der Waals surface area contributed by atoms with E-state index in [1.54, 1.807) is 0 Å². The van der Waals surface area contributed by atoms with Crippen LogP contribution in [0.15, 0.2) is 47.6 Å². The lowest BCUT2D eigenvalue weighted by Crippen LogP contribution is -2.54. The number of Topliss-reactive ketones (excluding diaryl/α,β-unsaturated/α-hetero) is 1. The summed E-state index contributed by atoms with van der Waals surface area (Å²) in [5, 5.41) is 18.0. The maximum atomic E-state index is 12.9. The number of hydrogen-bond acceptors (Lipinski definition) is 8. The molecule has 4 aliphatic rings. The fraction of sp³-hybridized carbons (Fsp3) is 0.636. The van der Waals surface area contributed by atoms with Crippen LogP contribution in [0, 0.1) is 11.3 Å². The topological polar surface area (TPSA) is 71.9 Å². The number of benzene rings is 1. The lowest BCUT2D eigenvalue weighted by atomic mass is 9.72. The van der Waals surface area contributed by atoms with Crippen molar-refractivity contribution >= 4 is 17.2 Å². The molecule has 3 heterocycles. The third kappa shape index (κ3) is 6.71. The standard InChI is InChI=1S/C33H49N5O3/c1-5-7-8-9-12-28(39)26-13-14-29-27(22-26)38(32(40)41-29)24-25-11-10-17-33(3,23-25)30-15-16-31(35(4)34-30)37-20-18-36(6-2)19-21-37/h10,13-17,22,25,31-32,40H,5-9,11-12,18-21,23-24H2,1-4H3. The van der Waals surface area contributed by atoms with Crippen molar-refractivity contribution in [3.05, 3.63) is 48.1 Å². The Bertz CT molecular complexity index is 1160. The van der Waals surface area contributed by atoms with Crippen molar-refractivity contribution in [3.63, 3.8) is 0 Å². The molecule has 8 heteroatoms. The van der Waals surface area contributed by atoms with Crippen molar-refractivity contribution < 1.29 is 14.6 Å². The molecule has 0 spiro atoms. The van der Waals surface area contributed by atoms with Gasteiger partial charge in [-0.15, -0.1) is 0 Å².